The smallest absolute Gasteiger partial charge is 0.142 e. The van der Waals surface area contributed by atoms with Crippen LogP contribution in [0.5, 0.6) is 0 Å². The predicted octanol–water partition coefficient (Wildman–Crippen LogP) is 2.16. The van der Waals surface area contributed by atoms with Gasteiger partial charge >= 0.3 is 0 Å². The van der Waals surface area contributed by atoms with Gasteiger partial charge in [0.2, 0.25) is 0 Å². The van der Waals surface area contributed by atoms with Crippen LogP contribution in [-0.4, -0.2) is 28.8 Å². The molecule has 0 bridgehead atoms. The second-order valence-corrected chi connectivity index (χ2v) is 4.85. The molecule has 0 spiro atoms. The molecule has 1 aliphatic rings. The first kappa shape index (κ1) is 12.0. The summed E-state index contributed by atoms with van der Waals surface area (Å²) in [6.07, 6.45) is 5.83. The van der Waals surface area contributed by atoms with E-state index in [0.29, 0.717) is 5.92 Å². The fourth-order valence-electron chi connectivity index (χ4n) is 2.22. The summed E-state index contributed by atoms with van der Waals surface area (Å²) in [6, 6.07) is 1.99. The third-order valence-corrected chi connectivity index (χ3v) is 3.27. The van der Waals surface area contributed by atoms with Crippen molar-refractivity contribution in [3.8, 4) is 0 Å². The van der Waals surface area contributed by atoms with Crippen LogP contribution in [0.25, 0.3) is 0 Å². The van der Waals surface area contributed by atoms with Crippen LogP contribution in [-0.2, 0) is 4.79 Å². The molecule has 0 aromatic carbocycles. The van der Waals surface area contributed by atoms with Crippen LogP contribution in [0, 0.1) is 0 Å². The number of carbonyl (C=O) groups is 1. The second kappa shape index (κ2) is 5.25. The molecule has 0 radical (unpaired) electrons. The maximum Gasteiger partial charge on any atom is 0.142 e. The zero-order valence-corrected chi connectivity index (χ0v) is 10.5. The van der Waals surface area contributed by atoms with Crippen molar-refractivity contribution in [1.82, 2.24) is 9.97 Å². The van der Waals surface area contributed by atoms with E-state index in [4.69, 9.17) is 0 Å². The molecule has 0 saturated carbocycles. The molecule has 17 heavy (non-hydrogen) atoms. The quantitative estimate of drug-likeness (QED) is 0.750. The number of piperidine rings is 1. The molecule has 2 heterocycles. The molecular weight excluding hydrogens is 214 g/mol. The van der Waals surface area contributed by atoms with E-state index in [1.165, 1.54) is 0 Å². The molecule has 1 unspecified atom stereocenters. The maximum absolute atomic E-state index is 11.1. The minimum absolute atomic E-state index is 0.0151. The molecule has 4 nitrogen and oxygen atoms in total. The summed E-state index contributed by atoms with van der Waals surface area (Å²) >= 11 is 0. The second-order valence-electron chi connectivity index (χ2n) is 4.85. The first-order valence-electron chi connectivity index (χ1n) is 6.26. The Morgan fingerprint density at radius 2 is 2.24 bits per heavy atom. The predicted molar refractivity (Wildman–Crippen MR) is 67.2 cm³/mol. The highest BCUT2D eigenvalue weighted by Crippen LogP contribution is 2.23. The van der Waals surface area contributed by atoms with Crippen molar-refractivity contribution < 1.29 is 4.79 Å². The number of aldehydes is 1. The molecule has 2 rings (SSSR count). The molecule has 4 heteroatoms. The summed E-state index contributed by atoms with van der Waals surface area (Å²) in [6.45, 7) is 5.14. The van der Waals surface area contributed by atoms with Crippen LogP contribution >= 0.6 is 0 Å². The summed E-state index contributed by atoms with van der Waals surface area (Å²) < 4.78 is 0. The van der Waals surface area contributed by atoms with Crippen molar-refractivity contribution in [2.24, 2.45) is 0 Å². The van der Waals surface area contributed by atoms with Gasteiger partial charge in [0.25, 0.3) is 0 Å². The Morgan fingerprint density at radius 3 is 2.94 bits per heavy atom. The number of anilines is 1. The minimum Gasteiger partial charge on any atom is -0.347 e. The minimum atomic E-state index is -0.0151. The number of hydrogen-bond acceptors (Lipinski definition) is 4. The first-order valence-corrected chi connectivity index (χ1v) is 6.26. The van der Waals surface area contributed by atoms with Crippen LogP contribution in [0.3, 0.4) is 0 Å². The van der Waals surface area contributed by atoms with E-state index in [1.54, 1.807) is 6.33 Å². The normalized spacial score (nSPS) is 20.6. The fourth-order valence-corrected chi connectivity index (χ4v) is 2.22. The first-order chi connectivity index (χ1) is 8.22. The monoisotopic (exact) mass is 233 g/mol. The van der Waals surface area contributed by atoms with Crippen LogP contribution in [0.15, 0.2) is 12.4 Å². The molecule has 92 valence electrons. The van der Waals surface area contributed by atoms with Gasteiger partial charge in [0.15, 0.2) is 0 Å². The lowest BCUT2D eigenvalue weighted by molar-refractivity contribution is -0.109. The van der Waals surface area contributed by atoms with E-state index in [2.05, 4.69) is 28.7 Å². The molecule has 1 aromatic rings. The van der Waals surface area contributed by atoms with Gasteiger partial charge in [0.1, 0.15) is 18.4 Å². The lowest BCUT2D eigenvalue weighted by Crippen LogP contribution is -2.41. The lowest BCUT2D eigenvalue weighted by atomic mass is 10.0. The van der Waals surface area contributed by atoms with E-state index < -0.39 is 0 Å². The van der Waals surface area contributed by atoms with Gasteiger partial charge in [0.05, 0.1) is 6.04 Å². The van der Waals surface area contributed by atoms with Gasteiger partial charge in [-0.15, -0.1) is 0 Å². The van der Waals surface area contributed by atoms with Crippen molar-refractivity contribution in [2.45, 2.75) is 45.1 Å². The van der Waals surface area contributed by atoms with Gasteiger partial charge < -0.3 is 9.69 Å². The number of hydrogen-bond donors (Lipinski definition) is 0. The van der Waals surface area contributed by atoms with Crippen LogP contribution < -0.4 is 4.90 Å². The largest absolute Gasteiger partial charge is 0.347 e. The molecule has 1 atom stereocenters. The topological polar surface area (TPSA) is 46.1 Å². The van der Waals surface area contributed by atoms with Crippen molar-refractivity contribution in [3.05, 3.63) is 18.1 Å². The number of carbonyl (C=O) groups excluding carboxylic acids is 1. The Balaban J connectivity index is 2.25. The Morgan fingerprint density at radius 1 is 1.41 bits per heavy atom. The SMILES string of the molecule is CC(C)c1cc(N2CCCCC2C=O)ncn1. The summed E-state index contributed by atoms with van der Waals surface area (Å²) in [5.74, 6) is 1.27. The van der Waals surface area contributed by atoms with Crippen LogP contribution in [0.1, 0.15) is 44.7 Å². The molecule has 1 aromatic heterocycles. The molecule has 1 aliphatic heterocycles. The lowest BCUT2D eigenvalue weighted by Gasteiger charge is -2.33. The van der Waals surface area contributed by atoms with E-state index in [9.17, 15) is 4.79 Å². The van der Waals surface area contributed by atoms with Gasteiger partial charge in [-0.3, -0.25) is 0 Å². The fraction of sp³-hybridized carbons (Fsp3) is 0.615. The van der Waals surface area contributed by atoms with E-state index in [1.807, 2.05) is 6.07 Å². The van der Waals surface area contributed by atoms with Crippen molar-refractivity contribution in [1.29, 1.82) is 0 Å². The summed E-state index contributed by atoms with van der Waals surface area (Å²) in [5.41, 5.74) is 1.03. The van der Waals surface area contributed by atoms with Gasteiger partial charge in [0, 0.05) is 18.3 Å². The highest BCUT2D eigenvalue weighted by Gasteiger charge is 2.23. The number of rotatable bonds is 3. The van der Waals surface area contributed by atoms with Crippen LogP contribution in [0.2, 0.25) is 0 Å². The molecule has 0 amide bonds. The Bertz CT molecular complexity index is 392. The van der Waals surface area contributed by atoms with Gasteiger partial charge in [-0.25, -0.2) is 9.97 Å². The summed E-state index contributed by atoms with van der Waals surface area (Å²) in [7, 11) is 0. The van der Waals surface area contributed by atoms with Crippen molar-refractivity contribution in [2.75, 3.05) is 11.4 Å². The average molecular weight is 233 g/mol. The van der Waals surface area contributed by atoms with E-state index in [0.717, 1.165) is 43.6 Å². The molecule has 0 N–H and O–H groups in total. The number of nitrogens with zero attached hydrogens (tertiary/aromatic N) is 3. The van der Waals surface area contributed by atoms with E-state index >= 15 is 0 Å². The zero-order valence-electron chi connectivity index (χ0n) is 10.5. The molecule has 0 aliphatic carbocycles. The maximum atomic E-state index is 11.1. The highest BCUT2D eigenvalue weighted by atomic mass is 16.1. The third kappa shape index (κ3) is 2.62. The van der Waals surface area contributed by atoms with Crippen molar-refractivity contribution in [3.63, 3.8) is 0 Å². The van der Waals surface area contributed by atoms with Crippen molar-refractivity contribution >= 4 is 12.1 Å². The Kier molecular flexibility index (Phi) is 3.71. The zero-order chi connectivity index (χ0) is 12.3. The van der Waals surface area contributed by atoms with Crippen LogP contribution in [0.4, 0.5) is 5.82 Å². The summed E-state index contributed by atoms with van der Waals surface area (Å²) in [5, 5.41) is 0. The van der Waals surface area contributed by atoms with Gasteiger partial charge in [-0.2, -0.15) is 0 Å². The Labute approximate surface area is 102 Å². The molecular formula is C13H19N3O. The summed E-state index contributed by atoms with van der Waals surface area (Å²) in [4.78, 5) is 21.7. The molecule has 1 fully saturated rings. The average Bonchev–Trinajstić information content (AvgIpc) is 2.39. The van der Waals surface area contributed by atoms with E-state index in [-0.39, 0.29) is 6.04 Å². The van der Waals surface area contributed by atoms with Gasteiger partial charge in [-0.05, 0) is 25.2 Å². The Hall–Kier alpha value is -1.45. The number of aromatic nitrogens is 2. The highest BCUT2D eigenvalue weighted by molar-refractivity contribution is 5.65. The standard InChI is InChI=1S/C13H19N3O/c1-10(2)12-7-13(15-9-14-12)16-6-4-3-5-11(16)8-17/h7-11H,3-6H2,1-2H3. The molecule has 1 saturated heterocycles. The van der Waals surface area contributed by atoms with Gasteiger partial charge in [-0.1, -0.05) is 13.8 Å². The third-order valence-electron chi connectivity index (χ3n) is 3.27.